The van der Waals surface area contributed by atoms with Crippen LogP contribution in [0.3, 0.4) is 0 Å². The van der Waals surface area contributed by atoms with Gasteiger partial charge in [0.1, 0.15) is 15.5 Å². The van der Waals surface area contributed by atoms with E-state index in [2.05, 4.69) is 55.8 Å². The molecule has 0 atom stereocenters. The molecule has 1 heterocycles. The topological polar surface area (TPSA) is 36.1 Å². The highest BCUT2D eigenvalue weighted by Crippen LogP contribution is 2.33. The second kappa shape index (κ2) is 3.84. The molecular weight excluding hydrogens is 222 g/mol. The van der Waals surface area contributed by atoms with E-state index in [1.54, 1.807) is 0 Å². The third-order valence-corrected chi connectivity index (χ3v) is 43.6. The Balaban J connectivity index is 3.13. The highest BCUT2D eigenvalue weighted by Gasteiger charge is 2.59. The van der Waals surface area contributed by atoms with E-state index in [0.717, 1.165) is 0 Å². The van der Waals surface area contributed by atoms with Crippen LogP contribution in [0.2, 0.25) is 38.3 Å². The summed E-state index contributed by atoms with van der Waals surface area (Å²) < 4.78 is 0. The average Bonchev–Trinajstić information content (AvgIpc) is 2.03. The summed E-state index contributed by atoms with van der Waals surface area (Å²) in [5.74, 6) is 0. The average molecular weight is 248 g/mol. The summed E-state index contributed by atoms with van der Waals surface area (Å²) >= 11 is 0. The number of nitrogens with one attached hydrogen (secondary N) is 3. The van der Waals surface area contributed by atoms with Crippen molar-refractivity contribution in [3.8, 4) is 0 Å². The fourth-order valence-electron chi connectivity index (χ4n) is 3.38. The van der Waals surface area contributed by atoms with Gasteiger partial charge >= 0.3 is 0 Å². The first-order valence-corrected chi connectivity index (χ1v) is 16.0. The minimum absolute atomic E-state index is 1.09. The van der Waals surface area contributed by atoms with Gasteiger partial charge in [0.25, 0.3) is 0 Å². The molecular formula is C8H25N3Si3. The van der Waals surface area contributed by atoms with Crippen LogP contribution >= 0.6 is 0 Å². The third kappa shape index (κ3) is 1.57. The van der Waals surface area contributed by atoms with Gasteiger partial charge in [0.15, 0.2) is 0 Å². The molecule has 0 radical (unpaired) electrons. The lowest BCUT2D eigenvalue weighted by atomic mass is 11.0. The van der Waals surface area contributed by atoms with Gasteiger partial charge in [-0.1, -0.05) is 52.1 Å². The van der Waals surface area contributed by atoms with Crippen molar-refractivity contribution in [2.24, 2.45) is 0 Å². The Hall–Kier alpha value is 0.531. The molecule has 0 aromatic carbocycles. The molecule has 1 rings (SSSR count). The minimum Gasteiger partial charge on any atom is -0.269 e. The van der Waals surface area contributed by atoms with E-state index in [4.69, 9.17) is 0 Å². The predicted octanol–water partition coefficient (Wildman–Crippen LogP) is 1.65. The van der Waals surface area contributed by atoms with Gasteiger partial charge in [-0.15, -0.1) is 0 Å². The summed E-state index contributed by atoms with van der Waals surface area (Å²) in [5, 5.41) is 7.16. The van der Waals surface area contributed by atoms with Crippen LogP contribution in [0.5, 0.6) is 0 Å². The molecule has 3 nitrogen and oxygen atoms in total. The first-order valence-electron chi connectivity index (χ1n) is 5.62. The summed E-state index contributed by atoms with van der Waals surface area (Å²) in [6, 6.07) is 2.87. The van der Waals surface area contributed by atoms with Crippen molar-refractivity contribution in [1.82, 2.24) is 15.7 Å². The van der Waals surface area contributed by atoms with Crippen LogP contribution < -0.4 is 15.7 Å². The zero-order chi connectivity index (χ0) is 11.0. The number of hydrazine groups is 2. The van der Waals surface area contributed by atoms with Gasteiger partial charge in [0, 0.05) is 0 Å². The molecule has 84 valence electrons. The Kier molecular flexibility index (Phi) is 3.45. The van der Waals surface area contributed by atoms with Gasteiger partial charge < -0.3 is 0 Å². The van der Waals surface area contributed by atoms with Gasteiger partial charge in [-0.2, -0.15) is 0 Å². The zero-order valence-corrected chi connectivity index (χ0v) is 13.4. The Bertz CT molecular complexity index is 196. The molecule has 0 aromatic heterocycles. The van der Waals surface area contributed by atoms with Gasteiger partial charge in [-0.3, -0.25) is 10.2 Å². The molecule has 0 bridgehead atoms. The van der Waals surface area contributed by atoms with Crippen LogP contribution in [0.1, 0.15) is 13.8 Å². The van der Waals surface area contributed by atoms with Crippen LogP contribution in [0.15, 0.2) is 0 Å². The van der Waals surface area contributed by atoms with E-state index in [9.17, 15) is 0 Å². The summed E-state index contributed by atoms with van der Waals surface area (Å²) in [5.41, 5.74) is 3.25. The van der Waals surface area contributed by atoms with Crippen LogP contribution in [0, 0.1) is 0 Å². The van der Waals surface area contributed by atoms with Crippen LogP contribution in [0.25, 0.3) is 0 Å². The molecule has 0 aromatic rings. The fourth-order valence-corrected chi connectivity index (χ4v) is 42.6. The van der Waals surface area contributed by atoms with E-state index in [1.807, 2.05) is 0 Å². The molecule has 0 spiro atoms. The van der Waals surface area contributed by atoms with Crippen molar-refractivity contribution in [2.45, 2.75) is 52.1 Å². The Morgan fingerprint density at radius 2 is 1.14 bits per heavy atom. The molecule has 0 amide bonds. The lowest BCUT2D eigenvalue weighted by molar-refractivity contribution is 0.616. The quantitative estimate of drug-likeness (QED) is 0.650. The number of hydrogen-bond donors (Lipinski definition) is 3. The van der Waals surface area contributed by atoms with Crippen molar-refractivity contribution in [3.63, 3.8) is 0 Å². The van der Waals surface area contributed by atoms with Crippen molar-refractivity contribution < 1.29 is 0 Å². The maximum Gasteiger partial charge on any atom is 0.127 e. The fraction of sp³-hybridized carbons (Fsp3) is 1.00. The Morgan fingerprint density at radius 1 is 0.786 bits per heavy atom. The normalized spacial score (nSPS) is 28.7. The van der Waals surface area contributed by atoms with Gasteiger partial charge in [0.2, 0.25) is 0 Å². The van der Waals surface area contributed by atoms with E-state index in [0.29, 0.717) is 0 Å². The standard InChI is InChI=1S/C8H25N3Si3/c1-7-14(8-2)12(3,4)10-9-11-13(14,5)6/h9-11H,7-8H2,1-6H3. The van der Waals surface area contributed by atoms with Crippen molar-refractivity contribution in [2.75, 3.05) is 0 Å². The first-order chi connectivity index (χ1) is 6.33. The SMILES string of the molecule is CC[Si]1(CC)[Si](C)(C)NNN[Si]1(C)C. The maximum absolute atomic E-state index is 3.58. The molecule has 6 heteroatoms. The summed E-state index contributed by atoms with van der Waals surface area (Å²) in [6.07, 6.45) is 0. The second-order valence-electron chi connectivity index (χ2n) is 5.41. The molecule has 0 aliphatic carbocycles. The van der Waals surface area contributed by atoms with Crippen LogP contribution in [-0.2, 0) is 0 Å². The highest BCUT2D eigenvalue weighted by molar-refractivity contribution is 7.68. The lowest BCUT2D eigenvalue weighted by Gasteiger charge is -2.56. The molecule has 1 fully saturated rings. The number of hydrogen-bond acceptors (Lipinski definition) is 3. The molecule has 3 N–H and O–H groups in total. The zero-order valence-electron chi connectivity index (χ0n) is 10.4. The van der Waals surface area contributed by atoms with E-state index < -0.39 is 22.6 Å². The van der Waals surface area contributed by atoms with Crippen molar-refractivity contribution >= 4 is 22.6 Å². The van der Waals surface area contributed by atoms with Crippen LogP contribution in [0.4, 0.5) is 0 Å². The largest absolute Gasteiger partial charge is 0.269 e. The summed E-state index contributed by atoms with van der Waals surface area (Å²) in [7, 11) is -3.55. The third-order valence-electron chi connectivity index (χ3n) is 4.35. The maximum atomic E-state index is 3.58. The molecule has 1 aliphatic rings. The van der Waals surface area contributed by atoms with E-state index in [-0.39, 0.29) is 0 Å². The molecule has 14 heavy (non-hydrogen) atoms. The van der Waals surface area contributed by atoms with Gasteiger partial charge in [-0.25, -0.2) is 5.53 Å². The highest BCUT2D eigenvalue weighted by atomic mass is 29.6. The van der Waals surface area contributed by atoms with Crippen LogP contribution in [-0.4, -0.2) is 22.6 Å². The predicted molar refractivity (Wildman–Crippen MR) is 71.1 cm³/mol. The molecule has 0 unspecified atom stereocenters. The number of rotatable bonds is 2. The first kappa shape index (κ1) is 12.6. The Labute approximate surface area is 90.8 Å². The Morgan fingerprint density at radius 3 is 1.36 bits per heavy atom. The van der Waals surface area contributed by atoms with Crippen molar-refractivity contribution in [1.29, 1.82) is 0 Å². The molecule has 0 saturated carbocycles. The smallest absolute Gasteiger partial charge is 0.127 e. The minimum atomic E-state index is -1.23. The molecule has 1 saturated heterocycles. The molecule has 1 aliphatic heterocycles. The monoisotopic (exact) mass is 247 g/mol. The van der Waals surface area contributed by atoms with Crippen molar-refractivity contribution in [3.05, 3.63) is 0 Å². The summed E-state index contributed by atoms with van der Waals surface area (Å²) in [4.78, 5) is 0. The lowest BCUT2D eigenvalue weighted by Crippen LogP contribution is -2.90. The second-order valence-corrected chi connectivity index (χ2v) is 30.7. The van der Waals surface area contributed by atoms with E-state index in [1.165, 1.54) is 12.1 Å². The van der Waals surface area contributed by atoms with E-state index >= 15 is 0 Å². The van der Waals surface area contributed by atoms with Gasteiger partial charge in [-0.05, 0) is 0 Å². The van der Waals surface area contributed by atoms with Gasteiger partial charge in [0.05, 0.1) is 7.11 Å². The summed E-state index contributed by atoms with van der Waals surface area (Å²) in [6.45, 7) is 14.9.